The van der Waals surface area contributed by atoms with Gasteiger partial charge in [0.1, 0.15) is 11.2 Å². The number of fused-ring (bicyclic) bond motifs is 1. The summed E-state index contributed by atoms with van der Waals surface area (Å²) in [7, 11) is 0. The lowest BCUT2D eigenvalue weighted by molar-refractivity contribution is -0.116. The van der Waals surface area contributed by atoms with Crippen LogP contribution in [0, 0.1) is 13.8 Å². The zero-order chi connectivity index (χ0) is 22.0. The van der Waals surface area contributed by atoms with Gasteiger partial charge >= 0.3 is 5.69 Å². The van der Waals surface area contributed by atoms with Gasteiger partial charge in [-0.3, -0.25) is 18.7 Å². The number of aryl methyl sites for hydroxylation is 3. The van der Waals surface area contributed by atoms with Gasteiger partial charge in [0.25, 0.3) is 5.56 Å². The van der Waals surface area contributed by atoms with Crippen LogP contribution >= 0.6 is 11.3 Å². The third kappa shape index (κ3) is 4.22. The van der Waals surface area contributed by atoms with Crippen LogP contribution in [0.2, 0.25) is 0 Å². The minimum Gasteiger partial charge on any atom is -0.324 e. The number of carbonyl (C=O) groups excluding carboxylic acids is 1. The number of hydrogen-bond acceptors (Lipinski definition) is 4. The molecule has 0 atom stereocenters. The molecule has 7 heteroatoms. The van der Waals surface area contributed by atoms with E-state index in [1.807, 2.05) is 62.4 Å². The molecule has 0 aliphatic rings. The van der Waals surface area contributed by atoms with E-state index in [-0.39, 0.29) is 24.6 Å². The molecule has 0 aliphatic heterocycles. The number of rotatable bonds is 6. The van der Waals surface area contributed by atoms with Crippen LogP contribution in [0.15, 0.2) is 69.6 Å². The molecule has 0 aliphatic carbocycles. The van der Waals surface area contributed by atoms with E-state index >= 15 is 0 Å². The van der Waals surface area contributed by atoms with Crippen molar-refractivity contribution in [2.24, 2.45) is 0 Å². The average Bonchev–Trinajstić information content (AvgIpc) is 3.25. The highest BCUT2D eigenvalue weighted by atomic mass is 32.1. The molecule has 158 valence electrons. The van der Waals surface area contributed by atoms with Crippen molar-refractivity contribution >= 4 is 33.1 Å². The fourth-order valence-corrected chi connectivity index (χ4v) is 4.55. The second kappa shape index (κ2) is 8.73. The summed E-state index contributed by atoms with van der Waals surface area (Å²) >= 11 is 1.28. The van der Waals surface area contributed by atoms with E-state index in [1.165, 1.54) is 20.5 Å². The van der Waals surface area contributed by atoms with Gasteiger partial charge in [-0.05, 0) is 48.4 Å². The molecule has 6 nitrogen and oxygen atoms in total. The number of thiophene rings is 1. The van der Waals surface area contributed by atoms with Crippen molar-refractivity contribution in [3.05, 3.63) is 97.5 Å². The van der Waals surface area contributed by atoms with Gasteiger partial charge in [-0.25, -0.2) is 4.79 Å². The molecule has 0 bridgehead atoms. The van der Waals surface area contributed by atoms with E-state index < -0.39 is 5.69 Å². The fraction of sp³-hybridized carbons (Fsp3) is 0.208. The fourth-order valence-electron chi connectivity index (χ4n) is 3.70. The molecule has 31 heavy (non-hydrogen) atoms. The predicted molar refractivity (Wildman–Crippen MR) is 125 cm³/mol. The van der Waals surface area contributed by atoms with Crippen LogP contribution in [0.25, 0.3) is 10.2 Å². The topological polar surface area (TPSA) is 73.1 Å². The first-order valence-corrected chi connectivity index (χ1v) is 10.9. The smallest absolute Gasteiger partial charge is 0.324 e. The Morgan fingerprint density at radius 3 is 2.35 bits per heavy atom. The van der Waals surface area contributed by atoms with E-state index in [4.69, 9.17) is 0 Å². The number of nitrogens with zero attached hydrogens (tertiary/aromatic N) is 2. The molecule has 0 spiro atoms. The Kier molecular flexibility index (Phi) is 5.86. The van der Waals surface area contributed by atoms with Gasteiger partial charge in [0.05, 0.1) is 5.52 Å². The largest absolute Gasteiger partial charge is 0.332 e. The van der Waals surface area contributed by atoms with Crippen molar-refractivity contribution in [2.45, 2.75) is 33.4 Å². The standard InChI is InChI=1S/C24H23N3O3S/c1-16-7-6-8-17(2)21(16)25-20(28)15-27-19-12-14-31-22(19)23(29)26(24(27)30)13-11-18-9-4-3-5-10-18/h3-10,12,14H,11,13,15H2,1-2H3,(H,25,28). The number of amides is 1. The molecule has 0 radical (unpaired) electrons. The van der Waals surface area contributed by atoms with E-state index in [0.29, 0.717) is 16.6 Å². The maximum absolute atomic E-state index is 13.2. The van der Waals surface area contributed by atoms with Crippen LogP contribution in [-0.4, -0.2) is 15.0 Å². The Morgan fingerprint density at radius 2 is 1.65 bits per heavy atom. The number of aromatic nitrogens is 2. The van der Waals surface area contributed by atoms with Crippen LogP contribution in [0.1, 0.15) is 16.7 Å². The lowest BCUT2D eigenvalue weighted by Gasteiger charge is -2.14. The minimum absolute atomic E-state index is 0.161. The first-order chi connectivity index (χ1) is 15.0. The molecule has 4 aromatic rings. The summed E-state index contributed by atoms with van der Waals surface area (Å²) in [4.78, 5) is 38.9. The third-order valence-corrected chi connectivity index (χ3v) is 6.24. The van der Waals surface area contributed by atoms with Gasteiger partial charge in [0, 0.05) is 12.2 Å². The van der Waals surface area contributed by atoms with E-state index in [0.717, 1.165) is 22.4 Å². The zero-order valence-corrected chi connectivity index (χ0v) is 18.2. The summed E-state index contributed by atoms with van der Waals surface area (Å²) in [6.07, 6.45) is 0.557. The maximum atomic E-state index is 13.2. The second-order valence-electron chi connectivity index (χ2n) is 7.51. The van der Waals surface area contributed by atoms with Crippen LogP contribution in [0.4, 0.5) is 5.69 Å². The molecule has 1 amide bonds. The lowest BCUT2D eigenvalue weighted by Crippen LogP contribution is -2.41. The van der Waals surface area contributed by atoms with E-state index in [2.05, 4.69) is 5.32 Å². The van der Waals surface area contributed by atoms with E-state index in [9.17, 15) is 14.4 Å². The third-order valence-electron chi connectivity index (χ3n) is 5.35. The van der Waals surface area contributed by atoms with Crippen LogP contribution < -0.4 is 16.6 Å². The molecule has 2 aromatic heterocycles. The minimum atomic E-state index is -0.469. The number of para-hydroxylation sites is 1. The number of anilines is 1. The summed E-state index contributed by atoms with van der Waals surface area (Å²) in [5.41, 5.74) is 3.41. The quantitative estimate of drug-likeness (QED) is 0.504. The number of carbonyl (C=O) groups is 1. The molecule has 4 rings (SSSR count). The van der Waals surface area contributed by atoms with Crippen molar-refractivity contribution in [1.29, 1.82) is 0 Å². The zero-order valence-electron chi connectivity index (χ0n) is 17.4. The molecular formula is C24H23N3O3S. The second-order valence-corrected chi connectivity index (χ2v) is 8.43. The normalized spacial score (nSPS) is 11.0. The van der Waals surface area contributed by atoms with Crippen molar-refractivity contribution in [3.63, 3.8) is 0 Å². The van der Waals surface area contributed by atoms with Crippen LogP contribution in [-0.2, 0) is 24.3 Å². The summed E-state index contributed by atoms with van der Waals surface area (Å²) in [5, 5.41) is 4.69. The van der Waals surface area contributed by atoms with Gasteiger partial charge in [0.2, 0.25) is 5.91 Å². The van der Waals surface area contributed by atoms with Crippen molar-refractivity contribution in [2.75, 3.05) is 5.32 Å². The van der Waals surface area contributed by atoms with Gasteiger partial charge in [0.15, 0.2) is 0 Å². The number of hydrogen-bond donors (Lipinski definition) is 1. The Balaban J connectivity index is 1.67. The monoisotopic (exact) mass is 433 g/mol. The number of benzene rings is 2. The molecule has 2 heterocycles. The number of nitrogens with one attached hydrogen (secondary N) is 1. The SMILES string of the molecule is Cc1cccc(C)c1NC(=O)Cn1c(=O)n(CCc2ccccc2)c(=O)c2sccc21. The summed E-state index contributed by atoms with van der Waals surface area (Å²) in [6.45, 7) is 3.95. The van der Waals surface area contributed by atoms with Crippen molar-refractivity contribution < 1.29 is 4.79 Å². The van der Waals surface area contributed by atoms with Crippen LogP contribution in [0.5, 0.6) is 0 Å². The molecular weight excluding hydrogens is 410 g/mol. The summed E-state index contributed by atoms with van der Waals surface area (Å²) in [6, 6.07) is 17.2. The Labute approximate surface area is 183 Å². The van der Waals surface area contributed by atoms with Gasteiger partial charge < -0.3 is 5.32 Å². The Bertz CT molecular complexity index is 1350. The molecule has 0 saturated carbocycles. The summed E-state index contributed by atoms with van der Waals surface area (Å²) < 4.78 is 3.10. The first kappa shape index (κ1) is 20.8. The molecule has 0 unspecified atom stereocenters. The van der Waals surface area contributed by atoms with Gasteiger partial charge in [-0.1, -0.05) is 48.5 Å². The summed E-state index contributed by atoms with van der Waals surface area (Å²) in [5.74, 6) is -0.305. The van der Waals surface area contributed by atoms with Crippen LogP contribution in [0.3, 0.4) is 0 Å². The van der Waals surface area contributed by atoms with Crippen molar-refractivity contribution in [1.82, 2.24) is 9.13 Å². The molecule has 0 fully saturated rings. The molecule has 1 N–H and O–H groups in total. The molecule has 0 saturated heterocycles. The Hall–Kier alpha value is -3.45. The highest BCUT2D eigenvalue weighted by molar-refractivity contribution is 7.17. The van der Waals surface area contributed by atoms with Crippen molar-refractivity contribution in [3.8, 4) is 0 Å². The van der Waals surface area contributed by atoms with Gasteiger partial charge in [-0.15, -0.1) is 11.3 Å². The highest BCUT2D eigenvalue weighted by Gasteiger charge is 2.17. The first-order valence-electron chi connectivity index (χ1n) is 10.1. The maximum Gasteiger partial charge on any atom is 0.332 e. The average molecular weight is 434 g/mol. The predicted octanol–water partition coefficient (Wildman–Crippen LogP) is 3.72. The van der Waals surface area contributed by atoms with E-state index in [1.54, 1.807) is 11.4 Å². The molecule has 2 aromatic carbocycles. The highest BCUT2D eigenvalue weighted by Crippen LogP contribution is 2.20. The lowest BCUT2D eigenvalue weighted by atomic mass is 10.1. The van der Waals surface area contributed by atoms with Gasteiger partial charge in [-0.2, -0.15) is 0 Å². The Morgan fingerprint density at radius 1 is 0.935 bits per heavy atom.